The van der Waals surface area contributed by atoms with Gasteiger partial charge in [-0.1, -0.05) is 6.07 Å². The summed E-state index contributed by atoms with van der Waals surface area (Å²) in [7, 11) is 0. The van der Waals surface area contributed by atoms with Gasteiger partial charge in [-0.15, -0.1) is 0 Å². The van der Waals surface area contributed by atoms with Crippen LogP contribution in [-0.4, -0.2) is 4.98 Å². The maximum Gasteiger partial charge on any atom is 0.133 e. The first kappa shape index (κ1) is 11.6. The Bertz CT molecular complexity index is 553. The average molecular weight is 230 g/mol. The van der Waals surface area contributed by atoms with E-state index >= 15 is 0 Å². The smallest absolute Gasteiger partial charge is 0.133 e. The van der Waals surface area contributed by atoms with Crippen LogP contribution in [0.15, 0.2) is 24.4 Å². The van der Waals surface area contributed by atoms with Gasteiger partial charge in [-0.3, -0.25) is 4.98 Å². The quantitative estimate of drug-likeness (QED) is 0.815. The number of benzene rings is 1. The second-order valence-corrected chi connectivity index (χ2v) is 4.37. The lowest BCUT2D eigenvalue weighted by atomic mass is 9.99. The first-order valence-electron chi connectivity index (χ1n) is 5.48. The molecule has 0 fully saturated rings. The van der Waals surface area contributed by atoms with Crippen LogP contribution in [0.1, 0.15) is 16.7 Å². The van der Waals surface area contributed by atoms with Crippen LogP contribution in [-0.2, 0) is 0 Å². The highest BCUT2D eigenvalue weighted by Crippen LogP contribution is 2.29. The molecule has 0 bridgehead atoms. The SMILES string of the molecule is Cc1cc(C)c(-c2ncc(N)cc2C)c(F)c1. The molecule has 2 N–H and O–H groups in total. The first-order chi connectivity index (χ1) is 7.99. The van der Waals surface area contributed by atoms with Gasteiger partial charge in [-0.05, 0) is 49.6 Å². The molecule has 0 amide bonds. The molecule has 0 spiro atoms. The van der Waals surface area contributed by atoms with Gasteiger partial charge in [-0.25, -0.2) is 4.39 Å². The van der Waals surface area contributed by atoms with E-state index in [1.54, 1.807) is 12.3 Å². The molecule has 17 heavy (non-hydrogen) atoms. The van der Waals surface area contributed by atoms with Crippen LogP contribution in [0.2, 0.25) is 0 Å². The lowest BCUT2D eigenvalue weighted by Gasteiger charge is -2.11. The van der Waals surface area contributed by atoms with Crippen molar-refractivity contribution in [2.45, 2.75) is 20.8 Å². The molecule has 88 valence electrons. The Balaban J connectivity index is 2.68. The van der Waals surface area contributed by atoms with E-state index in [9.17, 15) is 4.39 Å². The van der Waals surface area contributed by atoms with E-state index in [-0.39, 0.29) is 5.82 Å². The topological polar surface area (TPSA) is 38.9 Å². The molecule has 0 unspecified atom stereocenters. The molecule has 0 atom stereocenters. The first-order valence-corrected chi connectivity index (χ1v) is 5.48. The molecule has 3 heteroatoms. The van der Waals surface area contributed by atoms with Crippen molar-refractivity contribution >= 4 is 5.69 Å². The zero-order valence-corrected chi connectivity index (χ0v) is 10.2. The predicted octanol–water partition coefficient (Wildman–Crippen LogP) is 3.40. The van der Waals surface area contributed by atoms with Crippen LogP contribution in [0.5, 0.6) is 0 Å². The van der Waals surface area contributed by atoms with Crippen molar-refractivity contribution in [2.75, 3.05) is 5.73 Å². The fourth-order valence-corrected chi connectivity index (χ4v) is 2.07. The minimum atomic E-state index is -0.233. The van der Waals surface area contributed by atoms with Crippen molar-refractivity contribution in [3.8, 4) is 11.3 Å². The lowest BCUT2D eigenvalue weighted by molar-refractivity contribution is 0.628. The third kappa shape index (κ3) is 2.13. The van der Waals surface area contributed by atoms with Crippen molar-refractivity contribution in [3.63, 3.8) is 0 Å². The number of hydrogen-bond donors (Lipinski definition) is 1. The highest BCUT2D eigenvalue weighted by molar-refractivity contribution is 5.69. The van der Waals surface area contributed by atoms with Crippen molar-refractivity contribution in [3.05, 3.63) is 46.9 Å². The van der Waals surface area contributed by atoms with Crippen LogP contribution < -0.4 is 5.73 Å². The van der Waals surface area contributed by atoms with Gasteiger partial charge in [0.25, 0.3) is 0 Å². The van der Waals surface area contributed by atoms with E-state index in [1.165, 1.54) is 6.07 Å². The molecule has 1 aromatic carbocycles. The van der Waals surface area contributed by atoms with Crippen molar-refractivity contribution in [2.24, 2.45) is 0 Å². The highest BCUT2D eigenvalue weighted by Gasteiger charge is 2.13. The van der Waals surface area contributed by atoms with Crippen LogP contribution in [0.4, 0.5) is 10.1 Å². The number of nitrogens with zero attached hydrogens (tertiary/aromatic N) is 1. The summed E-state index contributed by atoms with van der Waals surface area (Å²) in [5.41, 5.74) is 10.2. The number of nitrogens with two attached hydrogens (primary N) is 1. The summed E-state index contributed by atoms with van der Waals surface area (Å²) < 4.78 is 14.0. The number of aromatic nitrogens is 1. The summed E-state index contributed by atoms with van der Waals surface area (Å²) >= 11 is 0. The minimum absolute atomic E-state index is 0.233. The molecule has 1 aromatic heterocycles. The monoisotopic (exact) mass is 230 g/mol. The maximum absolute atomic E-state index is 14.0. The molecule has 2 nitrogen and oxygen atoms in total. The number of anilines is 1. The summed E-state index contributed by atoms with van der Waals surface area (Å²) in [6.07, 6.45) is 1.56. The Hall–Kier alpha value is -1.90. The van der Waals surface area contributed by atoms with Crippen LogP contribution >= 0.6 is 0 Å². The second-order valence-electron chi connectivity index (χ2n) is 4.37. The maximum atomic E-state index is 14.0. The average Bonchev–Trinajstić information content (AvgIpc) is 2.19. The molecule has 0 aliphatic rings. The van der Waals surface area contributed by atoms with Crippen molar-refractivity contribution in [1.82, 2.24) is 4.98 Å². The predicted molar refractivity (Wildman–Crippen MR) is 68.3 cm³/mol. The number of rotatable bonds is 1. The Kier molecular flexibility index (Phi) is 2.84. The summed E-state index contributed by atoms with van der Waals surface area (Å²) in [5, 5.41) is 0. The number of hydrogen-bond acceptors (Lipinski definition) is 2. The van der Waals surface area contributed by atoms with Crippen molar-refractivity contribution < 1.29 is 4.39 Å². The van der Waals surface area contributed by atoms with Crippen LogP contribution in [0.25, 0.3) is 11.3 Å². The van der Waals surface area contributed by atoms with Gasteiger partial charge in [-0.2, -0.15) is 0 Å². The van der Waals surface area contributed by atoms with E-state index < -0.39 is 0 Å². The van der Waals surface area contributed by atoms with E-state index in [0.29, 0.717) is 16.9 Å². The Labute approximate surface area is 100 Å². The third-order valence-corrected chi connectivity index (χ3v) is 2.77. The standard InChI is InChI=1S/C14H15FN2/c1-8-4-9(2)13(12(15)5-8)14-10(3)6-11(16)7-17-14/h4-7H,16H2,1-3H3. The second kappa shape index (κ2) is 4.17. The van der Waals surface area contributed by atoms with Gasteiger partial charge >= 0.3 is 0 Å². The Morgan fingerprint density at radius 2 is 1.76 bits per heavy atom. The molecular formula is C14H15FN2. The van der Waals surface area contributed by atoms with Crippen molar-refractivity contribution in [1.29, 1.82) is 0 Å². The number of aryl methyl sites for hydroxylation is 3. The number of halogens is 1. The van der Waals surface area contributed by atoms with Gasteiger partial charge in [0.15, 0.2) is 0 Å². The highest BCUT2D eigenvalue weighted by atomic mass is 19.1. The van der Waals surface area contributed by atoms with Gasteiger partial charge in [0.1, 0.15) is 5.82 Å². The van der Waals surface area contributed by atoms with Crippen LogP contribution in [0.3, 0.4) is 0 Å². The number of pyridine rings is 1. The molecule has 0 aliphatic heterocycles. The zero-order valence-electron chi connectivity index (χ0n) is 10.2. The third-order valence-electron chi connectivity index (χ3n) is 2.77. The normalized spacial score (nSPS) is 10.6. The van der Waals surface area contributed by atoms with E-state index in [1.807, 2.05) is 26.8 Å². The largest absolute Gasteiger partial charge is 0.397 e. The summed E-state index contributed by atoms with van der Waals surface area (Å²) in [5.74, 6) is -0.233. The summed E-state index contributed by atoms with van der Waals surface area (Å²) in [4.78, 5) is 4.23. The summed E-state index contributed by atoms with van der Waals surface area (Å²) in [6.45, 7) is 5.66. The lowest BCUT2D eigenvalue weighted by Crippen LogP contribution is -1.97. The molecule has 0 saturated heterocycles. The van der Waals surface area contributed by atoms with Gasteiger partial charge in [0.05, 0.1) is 17.6 Å². The molecule has 1 heterocycles. The fraction of sp³-hybridized carbons (Fsp3) is 0.214. The molecule has 2 rings (SSSR count). The molecular weight excluding hydrogens is 215 g/mol. The summed E-state index contributed by atoms with van der Waals surface area (Å²) in [6, 6.07) is 5.29. The molecule has 2 aromatic rings. The number of nitrogen functional groups attached to an aromatic ring is 1. The Morgan fingerprint density at radius 1 is 1.06 bits per heavy atom. The van der Waals surface area contributed by atoms with Gasteiger partial charge in [0, 0.05) is 5.56 Å². The van der Waals surface area contributed by atoms with E-state index in [0.717, 1.165) is 16.7 Å². The van der Waals surface area contributed by atoms with Gasteiger partial charge < -0.3 is 5.73 Å². The zero-order chi connectivity index (χ0) is 12.6. The fourth-order valence-electron chi connectivity index (χ4n) is 2.07. The van der Waals surface area contributed by atoms with E-state index in [4.69, 9.17) is 5.73 Å². The van der Waals surface area contributed by atoms with E-state index in [2.05, 4.69) is 4.98 Å². The minimum Gasteiger partial charge on any atom is -0.397 e. The van der Waals surface area contributed by atoms with Gasteiger partial charge in [0.2, 0.25) is 0 Å². The molecule has 0 radical (unpaired) electrons. The molecule has 0 aliphatic carbocycles. The Morgan fingerprint density at radius 3 is 2.35 bits per heavy atom. The molecule has 0 saturated carbocycles. The van der Waals surface area contributed by atoms with Crippen LogP contribution in [0, 0.1) is 26.6 Å².